The van der Waals surface area contributed by atoms with Crippen LogP contribution in [0.2, 0.25) is 0 Å². The van der Waals surface area contributed by atoms with Crippen LogP contribution in [0, 0.1) is 11.2 Å². The number of imidazole rings is 1. The third-order valence-corrected chi connectivity index (χ3v) is 5.28. The van der Waals surface area contributed by atoms with Gasteiger partial charge in [-0.2, -0.15) is 0 Å². The molecule has 154 valence electrons. The number of nitrogens with zero attached hydrogens (tertiary/aromatic N) is 2. The Bertz CT molecular complexity index is 845. The van der Waals surface area contributed by atoms with Crippen LogP contribution in [0.15, 0.2) is 23.4 Å². The monoisotopic (exact) mass is 410 g/mol. The lowest BCUT2D eigenvalue weighted by Gasteiger charge is -2.29. The summed E-state index contributed by atoms with van der Waals surface area (Å²) in [5.74, 6) is -0.915. The van der Waals surface area contributed by atoms with E-state index in [1.165, 1.54) is 23.9 Å². The number of fused-ring (bicyclic) bond motifs is 1. The van der Waals surface area contributed by atoms with Gasteiger partial charge in [-0.05, 0) is 37.3 Å². The minimum Gasteiger partial charge on any atom is -0.480 e. The van der Waals surface area contributed by atoms with Gasteiger partial charge in [-0.15, -0.1) is 0 Å². The number of carboxylic acid groups (broad SMARTS) is 1. The third kappa shape index (κ3) is 5.47. The maximum atomic E-state index is 13.6. The third-order valence-electron chi connectivity index (χ3n) is 4.24. The Labute approximate surface area is 168 Å². The zero-order valence-electron chi connectivity index (χ0n) is 16.7. The molecule has 1 aromatic heterocycles. The summed E-state index contributed by atoms with van der Waals surface area (Å²) in [6, 6.07) is 3.36. The first-order chi connectivity index (χ1) is 13.1. The van der Waals surface area contributed by atoms with Gasteiger partial charge < -0.3 is 14.4 Å². The number of hydrogen-bond donors (Lipinski definition) is 1. The van der Waals surface area contributed by atoms with Crippen LogP contribution in [0.1, 0.15) is 53.0 Å². The summed E-state index contributed by atoms with van der Waals surface area (Å²) >= 11 is 1.42. The first-order valence-electron chi connectivity index (χ1n) is 9.34. The van der Waals surface area contributed by atoms with Gasteiger partial charge in [-0.25, -0.2) is 14.2 Å². The molecule has 0 aliphatic carbocycles. The smallest absolute Gasteiger partial charge is 0.327 e. The molecule has 0 aliphatic rings. The summed E-state index contributed by atoms with van der Waals surface area (Å²) in [4.78, 5) is 27.9. The number of carboxylic acids is 1. The number of halogens is 1. The van der Waals surface area contributed by atoms with Gasteiger partial charge in [-0.1, -0.05) is 32.5 Å². The Hall–Kier alpha value is -2.09. The van der Waals surface area contributed by atoms with E-state index in [1.807, 2.05) is 20.8 Å². The molecule has 28 heavy (non-hydrogen) atoms. The molecule has 6 nitrogen and oxygen atoms in total. The predicted molar refractivity (Wildman–Crippen MR) is 107 cm³/mol. The van der Waals surface area contributed by atoms with Crippen LogP contribution in [0.4, 0.5) is 4.39 Å². The van der Waals surface area contributed by atoms with E-state index < -0.39 is 23.2 Å². The Balaban J connectivity index is 2.24. The molecule has 1 unspecified atom stereocenters. The van der Waals surface area contributed by atoms with E-state index in [2.05, 4.69) is 4.98 Å². The molecule has 0 saturated carbocycles. The second kappa shape index (κ2) is 9.41. The van der Waals surface area contributed by atoms with Gasteiger partial charge in [0, 0.05) is 18.2 Å². The summed E-state index contributed by atoms with van der Waals surface area (Å²) in [7, 11) is 0. The van der Waals surface area contributed by atoms with Crippen molar-refractivity contribution in [2.24, 2.45) is 5.41 Å². The van der Waals surface area contributed by atoms with Crippen molar-refractivity contribution in [3.8, 4) is 0 Å². The van der Waals surface area contributed by atoms with E-state index in [0.29, 0.717) is 41.4 Å². The maximum Gasteiger partial charge on any atom is 0.327 e. The van der Waals surface area contributed by atoms with E-state index in [-0.39, 0.29) is 5.97 Å². The zero-order chi connectivity index (χ0) is 20.9. The van der Waals surface area contributed by atoms with Crippen LogP contribution in [-0.2, 0) is 14.3 Å². The molecule has 8 heteroatoms. The molecule has 0 fully saturated rings. The van der Waals surface area contributed by atoms with Crippen molar-refractivity contribution in [3.63, 3.8) is 0 Å². The average Bonchev–Trinajstić information content (AvgIpc) is 2.90. The lowest BCUT2D eigenvalue weighted by molar-refractivity contribution is -0.145. The molecule has 0 radical (unpaired) electrons. The molecule has 2 aromatic rings. The van der Waals surface area contributed by atoms with Gasteiger partial charge in [0.15, 0.2) is 5.16 Å². The molecule has 1 heterocycles. The summed E-state index contributed by atoms with van der Waals surface area (Å²) < 4.78 is 20.2. The van der Waals surface area contributed by atoms with Crippen molar-refractivity contribution in [2.45, 2.75) is 58.2 Å². The number of aliphatic carboxylic acids is 1. The van der Waals surface area contributed by atoms with Crippen LogP contribution in [0.3, 0.4) is 0 Å². The van der Waals surface area contributed by atoms with Gasteiger partial charge in [-0.3, -0.25) is 4.79 Å². The molecule has 0 saturated heterocycles. The number of aromatic nitrogens is 2. The van der Waals surface area contributed by atoms with Crippen molar-refractivity contribution >= 4 is 34.7 Å². The number of thioether (sulfide) groups is 1. The molecule has 0 amide bonds. The minimum atomic E-state index is -0.958. The lowest BCUT2D eigenvalue weighted by Crippen LogP contribution is -2.32. The van der Waals surface area contributed by atoms with E-state index in [0.717, 1.165) is 6.42 Å². The van der Waals surface area contributed by atoms with Crippen molar-refractivity contribution in [2.75, 3.05) is 12.4 Å². The number of ether oxygens (including phenoxy) is 1. The molecule has 1 aromatic carbocycles. The van der Waals surface area contributed by atoms with Gasteiger partial charge in [0.25, 0.3) is 0 Å². The van der Waals surface area contributed by atoms with E-state index in [9.17, 15) is 19.1 Å². The standard InChI is InChI=1S/C20H27FN2O4S/c1-5-27-16(24)8-6-7-11-28-19-22-14-12-13(21)9-10-15(14)23(19)17(18(25)26)20(2,3)4/h9-10,12,17H,5-8,11H2,1-4H3,(H,25,26). The summed E-state index contributed by atoms with van der Waals surface area (Å²) in [5, 5.41) is 10.4. The van der Waals surface area contributed by atoms with Crippen LogP contribution < -0.4 is 0 Å². The van der Waals surface area contributed by atoms with Gasteiger partial charge in [0.1, 0.15) is 11.9 Å². The minimum absolute atomic E-state index is 0.214. The zero-order valence-corrected chi connectivity index (χ0v) is 17.5. The molecule has 0 bridgehead atoms. The van der Waals surface area contributed by atoms with Crippen LogP contribution >= 0.6 is 11.8 Å². The Kier molecular flexibility index (Phi) is 7.46. The molecule has 1 N–H and O–H groups in total. The first-order valence-corrected chi connectivity index (χ1v) is 10.3. The summed E-state index contributed by atoms with van der Waals surface area (Å²) in [5.41, 5.74) is 0.467. The highest BCUT2D eigenvalue weighted by molar-refractivity contribution is 7.99. The molecule has 0 spiro atoms. The Morgan fingerprint density at radius 2 is 2.04 bits per heavy atom. The number of carbonyl (C=O) groups excluding carboxylic acids is 1. The quantitative estimate of drug-likeness (QED) is 0.367. The molecular formula is C20H27FN2O4S. The number of carbonyl (C=O) groups is 2. The fraction of sp³-hybridized carbons (Fsp3) is 0.550. The second-order valence-electron chi connectivity index (χ2n) is 7.61. The molecule has 1 atom stereocenters. The number of unbranched alkanes of at least 4 members (excludes halogenated alkanes) is 1. The number of hydrogen-bond acceptors (Lipinski definition) is 5. The SMILES string of the molecule is CCOC(=O)CCCCSc1nc2cc(F)ccc2n1C(C(=O)O)C(C)(C)C. The normalized spacial score (nSPS) is 12.9. The summed E-state index contributed by atoms with van der Waals surface area (Å²) in [6.07, 6.45) is 1.80. The van der Waals surface area contributed by atoms with E-state index in [1.54, 1.807) is 17.6 Å². The van der Waals surface area contributed by atoms with Crippen LogP contribution in [0.5, 0.6) is 0 Å². The van der Waals surface area contributed by atoms with Crippen molar-refractivity contribution in [1.82, 2.24) is 9.55 Å². The Morgan fingerprint density at radius 1 is 1.32 bits per heavy atom. The second-order valence-corrected chi connectivity index (χ2v) is 8.68. The van der Waals surface area contributed by atoms with Crippen molar-refractivity contribution < 1.29 is 23.8 Å². The average molecular weight is 411 g/mol. The topological polar surface area (TPSA) is 81.4 Å². The number of esters is 1. The number of benzene rings is 1. The van der Waals surface area contributed by atoms with Crippen LogP contribution in [-0.4, -0.2) is 39.0 Å². The molecule has 0 aliphatic heterocycles. The lowest BCUT2D eigenvalue weighted by atomic mass is 9.86. The highest BCUT2D eigenvalue weighted by Gasteiger charge is 2.35. The fourth-order valence-electron chi connectivity index (χ4n) is 3.04. The Morgan fingerprint density at radius 3 is 2.64 bits per heavy atom. The largest absolute Gasteiger partial charge is 0.480 e. The summed E-state index contributed by atoms with van der Waals surface area (Å²) in [6.45, 7) is 7.71. The van der Waals surface area contributed by atoms with Gasteiger partial charge in [0.05, 0.1) is 17.6 Å². The van der Waals surface area contributed by atoms with Crippen molar-refractivity contribution in [1.29, 1.82) is 0 Å². The van der Waals surface area contributed by atoms with Crippen LogP contribution in [0.25, 0.3) is 11.0 Å². The van der Waals surface area contributed by atoms with Gasteiger partial charge >= 0.3 is 11.9 Å². The highest BCUT2D eigenvalue weighted by Crippen LogP contribution is 2.37. The predicted octanol–water partition coefficient (Wildman–Crippen LogP) is 4.67. The fourth-order valence-corrected chi connectivity index (χ4v) is 4.07. The molecular weight excluding hydrogens is 383 g/mol. The van der Waals surface area contributed by atoms with Gasteiger partial charge in [0.2, 0.25) is 0 Å². The molecule has 2 rings (SSSR count). The first kappa shape index (κ1) is 22.2. The van der Waals surface area contributed by atoms with Crippen molar-refractivity contribution in [3.05, 3.63) is 24.0 Å². The number of rotatable bonds is 9. The highest BCUT2D eigenvalue weighted by atomic mass is 32.2. The maximum absolute atomic E-state index is 13.6. The van der Waals surface area contributed by atoms with E-state index in [4.69, 9.17) is 4.74 Å². The van der Waals surface area contributed by atoms with E-state index >= 15 is 0 Å².